The molecule has 1 unspecified atom stereocenters. The molecule has 0 saturated heterocycles. The molecule has 0 aromatic heterocycles. The van der Waals surface area contributed by atoms with Gasteiger partial charge >= 0.3 is 6.03 Å². The first kappa shape index (κ1) is 15.5. The van der Waals surface area contributed by atoms with Gasteiger partial charge in [-0.1, -0.05) is 19.1 Å². The SMILES string of the molecule is CCCNC(C)c1cccc(NC(=O)NC(C)C)c1. The Morgan fingerprint density at radius 3 is 2.63 bits per heavy atom. The molecule has 0 spiro atoms. The van der Waals surface area contributed by atoms with Gasteiger partial charge < -0.3 is 16.0 Å². The van der Waals surface area contributed by atoms with Crippen LogP contribution in [0, 0.1) is 0 Å². The number of carbonyl (C=O) groups excluding carboxylic acids is 1. The molecule has 0 heterocycles. The van der Waals surface area contributed by atoms with Crippen molar-refractivity contribution in [3.8, 4) is 0 Å². The van der Waals surface area contributed by atoms with Crippen LogP contribution in [0.4, 0.5) is 10.5 Å². The molecule has 0 aliphatic heterocycles. The van der Waals surface area contributed by atoms with Gasteiger partial charge in [-0.05, 0) is 51.4 Å². The summed E-state index contributed by atoms with van der Waals surface area (Å²) in [4.78, 5) is 11.6. The fraction of sp³-hybridized carbons (Fsp3) is 0.533. The molecule has 1 rings (SSSR count). The van der Waals surface area contributed by atoms with Crippen molar-refractivity contribution in [2.24, 2.45) is 0 Å². The average Bonchev–Trinajstić information content (AvgIpc) is 2.35. The first-order valence-electron chi connectivity index (χ1n) is 6.93. The summed E-state index contributed by atoms with van der Waals surface area (Å²) < 4.78 is 0. The predicted molar refractivity (Wildman–Crippen MR) is 80.4 cm³/mol. The zero-order valence-electron chi connectivity index (χ0n) is 12.3. The van der Waals surface area contributed by atoms with Gasteiger partial charge in [-0.25, -0.2) is 4.79 Å². The molecule has 1 aromatic rings. The first-order chi connectivity index (χ1) is 9.02. The summed E-state index contributed by atoms with van der Waals surface area (Å²) >= 11 is 0. The number of hydrogen-bond acceptors (Lipinski definition) is 2. The van der Waals surface area contributed by atoms with Crippen molar-refractivity contribution in [2.75, 3.05) is 11.9 Å². The number of urea groups is 1. The molecule has 19 heavy (non-hydrogen) atoms. The summed E-state index contributed by atoms with van der Waals surface area (Å²) in [5.74, 6) is 0. The van der Waals surface area contributed by atoms with Gasteiger partial charge in [0.2, 0.25) is 0 Å². The van der Waals surface area contributed by atoms with Gasteiger partial charge in [0.1, 0.15) is 0 Å². The van der Waals surface area contributed by atoms with E-state index in [1.165, 1.54) is 5.56 Å². The van der Waals surface area contributed by atoms with Crippen molar-refractivity contribution in [2.45, 2.75) is 46.2 Å². The van der Waals surface area contributed by atoms with Crippen LogP contribution in [0.1, 0.15) is 45.7 Å². The molecule has 2 amide bonds. The van der Waals surface area contributed by atoms with E-state index in [0.717, 1.165) is 18.7 Å². The Morgan fingerprint density at radius 2 is 2.00 bits per heavy atom. The quantitative estimate of drug-likeness (QED) is 0.737. The van der Waals surface area contributed by atoms with Gasteiger partial charge in [-0.15, -0.1) is 0 Å². The average molecular weight is 263 g/mol. The fourth-order valence-electron chi connectivity index (χ4n) is 1.79. The van der Waals surface area contributed by atoms with Crippen molar-refractivity contribution in [1.82, 2.24) is 10.6 Å². The second kappa shape index (κ2) is 7.79. The zero-order valence-corrected chi connectivity index (χ0v) is 12.3. The maximum Gasteiger partial charge on any atom is 0.319 e. The number of benzene rings is 1. The highest BCUT2D eigenvalue weighted by molar-refractivity contribution is 5.89. The number of rotatable bonds is 6. The summed E-state index contributed by atoms with van der Waals surface area (Å²) in [5.41, 5.74) is 2.00. The molecule has 0 saturated carbocycles. The van der Waals surface area contributed by atoms with Gasteiger partial charge in [0.25, 0.3) is 0 Å². The van der Waals surface area contributed by atoms with Crippen LogP contribution in [0.3, 0.4) is 0 Å². The Morgan fingerprint density at radius 1 is 1.26 bits per heavy atom. The molecular formula is C15H25N3O. The van der Waals surface area contributed by atoms with Crippen LogP contribution in [0.25, 0.3) is 0 Å². The molecule has 1 atom stereocenters. The molecule has 106 valence electrons. The second-order valence-electron chi connectivity index (χ2n) is 5.05. The molecule has 0 aliphatic carbocycles. The van der Waals surface area contributed by atoms with Crippen LogP contribution in [-0.2, 0) is 0 Å². The third-order valence-corrected chi connectivity index (χ3v) is 2.76. The highest BCUT2D eigenvalue weighted by atomic mass is 16.2. The zero-order chi connectivity index (χ0) is 14.3. The van der Waals surface area contributed by atoms with Crippen LogP contribution < -0.4 is 16.0 Å². The number of carbonyl (C=O) groups is 1. The Balaban J connectivity index is 2.63. The van der Waals surface area contributed by atoms with Crippen molar-refractivity contribution in [1.29, 1.82) is 0 Å². The highest BCUT2D eigenvalue weighted by Gasteiger charge is 2.07. The van der Waals surface area contributed by atoms with Crippen LogP contribution in [0.5, 0.6) is 0 Å². The normalized spacial score (nSPS) is 12.3. The molecule has 4 nitrogen and oxygen atoms in total. The number of hydrogen-bond donors (Lipinski definition) is 3. The lowest BCUT2D eigenvalue weighted by molar-refractivity contribution is 0.250. The summed E-state index contributed by atoms with van der Waals surface area (Å²) in [6.45, 7) is 9.14. The van der Waals surface area contributed by atoms with E-state index in [1.807, 2.05) is 32.0 Å². The fourth-order valence-corrected chi connectivity index (χ4v) is 1.79. The molecule has 1 aromatic carbocycles. The Labute approximate surface area is 116 Å². The van der Waals surface area contributed by atoms with E-state index in [9.17, 15) is 4.79 Å². The monoisotopic (exact) mass is 263 g/mol. The minimum absolute atomic E-state index is 0.133. The molecule has 0 bridgehead atoms. The van der Waals surface area contributed by atoms with Crippen LogP contribution in [-0.4, -0.2) is 18.6 Å². The van der Waals surface area contributed by atoms with Crippen molar-refractivity contribution in [3.05, 3.63) is 29.8 Å². The topological polar surface area (TPSA) is 53.2 Å². The van der Waals surface area contributed by atoms with Crippen LogP contribution in [0.15, 0.2) is 24.3 Å². The van der Waals surface area contributed by atoms with E-state index in [-0.39, 0.29) is 18.1 Å². The Kier molecular flexibility index (Phi) is 6.36. The van der Waals surface area contributed by atoms with Gasteiger partial charge in [0.15, 0.2) is 0 Å². The van der Waals surface area contributed by atoms with E-state index in [1.54, 1.807) is 0 Å². The van der Waals surface area contributed by atoms with Gasteiger partial charge in [0.05, 0.1) is 0 Å². The predicted octanol–water partition coefficient (Wildman–Crippen LogP) is 3.28. The maximum atomic E-state index is 11.6. The van der Waals surface area contributed by atoms with Gasteiger partial charge in [-0.3, -0.25) is 0 Å². The molecule has 3 N–H and O–H groups in total. The number of amides is 2. The lowest BCUT2D eigenvalue weighted by atomic mass is 10.1. The molecule has 0 fully saturated rings. The maximum absolute atomic E-state index is 11.6. The van der Waals surface area contributed by atoms with Crippen LogP contribution >= 0.6 is 0 Å². The third-order valence-electron chi connectivity index (χ3n) is 2.76. The summed E-state index contributed by atoms with van der Waals surface area (Å²) in [5, 5.41) is 9.09. The van der Waals surface area contributed by atoms with E-state index in [4.69, 9.17) is 0 Å². The van der Waals surface area contributed by atoms with E-state index in [2.05, 4.69) is 35.9 Å². The Bertz CT molecular complexity index is 404. The van der Waals surface area contributed by atoms with Crippen molar-refractivity contribution >= 4 is 11.7 Å². The smallest absolute Gasteiger partial charge is 0.319 e. The molecule has 0 radical (unpaired) electrons. The lowest BCUT2D eigenvalue weighted by Crippen LogP contribution is -2.34. The van der Waals surface area contributed by atoms with Crippen molar-refractivity contribution < 1.29 is 4.79 Å². The molecule has 0 aliphatic rings. The Hall–Kier alpha value is -1.55. The minimum atomic E-state index is -0.165. The lowest BCUT2D eigenvalue weighted by Gasteiger charge is -2.15. The van der Waals surface area contributed by atoms with Crippen molar-refractivity contribution in [3.63, 3.8) is 0 Å². The molecular weight excluding hydrogens is 238 g/mol. The number of anilines is 1. The van der Waals surface area contributed by atoms with Gasteiger partial charge in [0, 0.05) is 17.8 Å². The summed E-state index contributed by atoms with van der Waals surface area (Å²) in [7, 11) is 0. The second-order valence-corrected chi connectivity index (χ2v) is 5.05. The minimum Gasteiger partial charge on any atom is -0.336 e. The number of nitrogens with one attached hydrogen (secondary N) is 3. The summed E-state index contributed by atoms with van der Waals surface area (Å²) in [6, 6.07) is 8.19. The first-order valence-corrected chi connectivity index (χ1v) is 6.93. The van der Waals surface area contributed by atoms with Crippen LogP contribution in [0.2, 0.25) is 0 Å². The van der Waals surface area contributed by atoms with Gasteiger partial charge in [-0.2, -0.15) is 0 Å². The summed E-state index contributed by atoms with van der Waals surface area (Å²) in [6.07, 6.45) is 1.11. The van der Waals surface area contributed by atoms with E-state index >= 15 is 0 Å². The largest absolute Gasteiger partial charge is 0.336 e. The molecule has 4 heteroatoms. The standard InChI is InChI=1S/C15H25N3O/c1-5-9-16-12(4)13-7-6-8-14(10-13)18-15(19)17-11(2)3/h6-8,10-12,16H,5,9H2,1-4H3,(H2,17,18,19). The van der Waals surface area contributed by atoms with E-state index < -0.39 is 0 Å². The highest BCUT2D eigenvalue weighted by Crippen LogP contribution is 2.17. The third kappa shape index (κ3) is 5.75. The van der Waals surface area contributed by atoms with E-state index in [0.29, 0.717) is 0 Å².